The Morgan fingerprint density at radius 3 is 2.59 bits per heavy atom. The zero-order valence-corrected chi connectivity index (χ0v) is 22.5. The molecule has 0 aliphatic heterocycles. The van der Waals surface area contributed by atoms with Gasteiger partial charge < -0.3 is 9.26 Å². The zero-order chi connectivity index (χ0) is 25.6. The van der Waals surface area contributed by atoms with Crippen molar-refractivity contribution in [1.82, 2.24) is 15.1 Å². The Balaban J connectivity index is 1.38. The van der Waals surface area contributed by atoms with Gasteiger partial charge >= 0.3 is 0 Å². The molecule has 3 aromatic heterocycles. The maximum atomic E-state index is 13.6. The summed E-state index contributed by atoms with van der Waals surface area (Å²) in [6.45, 7) is 4.66. The van der Waals surface area contributed by atoms with Crippen molar-refractivity contribution in [2.45, 2.75) is 46.0 Å². The standard InChI is InChI=1S/C28H28N4O3S2/c1-3-4-5-6-9-16-34-21-14-12-20(13-15-21)32(27(33)23-17-19(2)35-31-23)28-30-24(18-36-28)26-29-22-10-7-8-11-25(22)37-26/h7-8,10-15,17-18H,3-6,9,16H2,1-2H3. The summed E-state index contributed by atoms with van der Waals surface area (Å²) in [6, 6.07) is 17.1. The number of thiazole rings is 2. The lowest BCUT2D eigenvalue weighted by molar-refractivity contribution is 0.0990. The highest BCUT2D eigenvalue weighted by molar-refractivity contribution is 7.22. The second kappa shape index (κ2) is 11.7. The summed E-state index contributed by atoms with van der Waals surface area (Å²) in [4.78, 5) is 24.6. The summed E-state index contributed by atoms with van der Waals surface area (Å²) in [5.74, 6) is 1.03. The van der Waals surface area contributed by atoms with Crippen LogP contribution >= 0.6 is 22.7 Å². The third-order valence-electron chi connectivity index (χ3n) is 5.86. The van der Waals surface area contributed by atoms with E-state index in [2.05, 4.69) is 12.1 Å². The minimum atomic E-state index is -0.313. The number of amides is 1. The molecule has 37 heavy (non-hydrogen) atoms. The first-order valence-electron chi connectivity index (χ1n) is 12.4. The lowest BCUT2D eigenvalue weighted by atomic mass is 10.2. The molecule has 0 aliphatic carbocycles. The SMILES string of the molecule is CCCCCCCOc1ccc(N(C(=O)c2cc(C)on2)c2nc(-c3nc4ccccc4s3)cs2)cc1. The summed E-state index contributed by atoms with van der Waals surface area (Å²) in [7, 11) is 0. The van der Waals surface area contributed by atoms with Gasteiger partial charge in [-0.15, -0.1) is 22.7 Å². The molecule has 0 fully saturated rings. The molecule has 5 rings (SSSR count). The number of hydrogen-bond acceptors (Lipinski definition) is 8. The smallest absolute Gasteiger partial charge is 0.286 e. The molecule has 0 saturated heterocycles. The van der Waals surface area contributed by atoms with Gasteiger partial charge in [-0.2, -0.15) is 0 Å². The van der Waals surface area contributed by atoms with Gasteiger partial charge in [0.25, 0.3) is 5.91 Å². The van der Waals surface area contributed by atoms with Crippen LogP contribution in [0.15, 0.2) is 64.5 Å². The van der Waals surface area contributed by atoms with Gasteiger partial charge in [-0.1, -0.05) is 49.9 Å². The average molecular weight is 533 g/mol. The van der Waals surface area contributed by atoms with Crippen molar-refractivity contribution in [3.05, 3.63) is 71.4 Å². The van der Waals surface area contributed by atoms with E-state index >= 15 is 0 Å². The maximum absolute atomic E-state index is 13.6. The average Bonchev–Trinajstić information content (AvgIpc) is 3.66. The van der Waals surface area contributed by atoms with Crippen LogP contribution in [0.2, 0.25) is 0 Å². The molecule has 3 heterocycles. The highest BCUT2D eigenvalue weighted by Gasteiger charge is 2.26. The fourth-order valence-corrected chi connectivity index (χ4v) is 5.76. The molecule has 0 aliphatic rings. The largest absolute Gasteiger partial charge is 0.494 e. The molecule has 0 radical (unpaired) electrons. The Labute approximate surface area is 223 Å². The van der Waals surface area contributed by atoms with Gasteiger partial charge in [0.05, 0.1) is 22.5 Å². The zero-order valence-electron chi connectivity index (χ0n) is 20.8. The van der Waals surface area contributed by atoms with E-state index in [1.54, 1.807) is 29.2 Å². The van der Waals surface area contributed by atoms with Crippen molar-refractivity contribution in [2.24, 2.45) is 0 Å². The van der Waals surface area contributed by atoms with Crippen LogP contribution in [-0.2, 0) is 0 Å². The Hall–Kier alpha value is -3.56. The number of carbonyl (C=O) groups excluding carboxylic acids is 1. The van der Waals surface area contributed by atoms with Crippen LogP contribution < -0.4 is 9.64 Å². The van der Waals surface area contributed by atoms with E-state index < -0.39 is 0 Å². The minimum Gasteiger partial charge on any atom is -0.494 e. The number of fused-ring (bicyclic) bond motifs is 1. The number of hydrogen-bond donors (Lipinski definition) is 0. The number of ether oxygens (including phenoxy) is 1. The van der Waals surface area contributed by atoms with E-state index in [-0.39, 0.29) is 11.6 Å². The first-order chi connectivity index (χ1) is 18.1. The fourth-order valence-electron chi connectivity index (χ4n) is 3.93. The monoisotopic (exact) mass is 532 g/mol. The predicted octanol–water partition coefficient (Wildman–Crippen LogP) is 8.04. The van der Waals surface area contributed by atoms with Gasteiger partial charge in [0.15, 0.2) is 10.8 Å². The van der Waals surface area contributed by atoms with E-state index in [4.69, 9.17) is 19.2 Å². The van der Waals surface area contributed by atoms with E-state index in [0.717, 1.165) is 33.1 Å². The van der Waals surface area contributed by atoms with Gasteiger partial charge in [0.1, 0.15) is 22.2 Å². The van der Waals surface area contributed by atoms with Crippen molar-refractivity contribution in [1.29, 1.82) is 0 Å². The third kappa shape index (κ3) is 5.89. The Bertz CT molecular complexity index is 1440. The van der Waals surface area contributed by atoms with Crippen molar-refractivity contribution < 1.29 is 14.1 Å². The van der Waals surface area contributed by atoms with Crippen LogP contribution in [0.5, 0.6) is 5.75 Å². The molecule has 0 unspecified atom stereocenters. The number of carbonyl (C=O) groups is 1. The molecule has 7 nitrogen and oxygen atoms in total. The lowest BCUT2D eigenvalue weighted by Gasteiger charge is -2.19. The first kappa shape index (κ1) is 25.1. The summed E-state index contributed by atoms with van der Waals surface area (Å²) in [5.41, 5.74) is 2.56. The number of aryl methyl sites for hydroxylation is 1. The van der Waals surface area contributed by atoms with Gasteiger partial charge in [-0.3, -0.25) is 9.69 Å². The van der Waals surface area contributed by atoms with Crippen molar-refractivity contribution in [3.63, 3.8) is 0 Å². The molecule has 0 bridgehead atoms. The second-order valence-electron chi connectivity index (χ2n) is 8.72. The Morgan fingerprint density at radius 2 is 1.84 bits per heavy atom. The maximum Gasteiger partial charge on any atom is 0.286 e. The topological polar surface area (TPSA) is 81.4 Å². The van der Waals surface area contributed by atoms with Crippen LogP contribution in [-0.4, -0.2) is 27.6 Å². The van der Waals surface area contributed by atoms with E-state index in [9.17, 15) is 4.79 Å². The molecule has 0 atom stereocenters. The number of aromatic nitrogens is 3. The van der Waals surface area contributed by atoms with E-state index in [0.29, 0.717) is 23.2 Å². The van der Waals surface area contributed by atoms with Gasteiger partial charge in [-0.25, -0.2) is 9.97 Å². The lowest BCUT2D eigenvalue weighted by Crippen LogP contribution is -2.26. The molecule has 9 heteroatoms. The molecule has 5 aromatic rings. The van der Waals surface area contributed by atoms with Crippen LogP contribution in [0.4, 0.5) is 10.8 Å². The summed E-state index contributed by atoms with van der Waals surface area (Å²) in [6.07, 6.45) is 5.94. The van der Waals surface area contributed by atoms with Crippen LogP contribution in [0, 0.1) is 6.92 Å². The number of nitrogens with zero attached hydrogens (tertiary/aromatic N) is 4. The second-order valence-corrected chi connectivity index (χ2v) is 10.6. The minimum absolute atomic E-state index is 0.224. The quantitative estimate of drug-likeness (QED) is 0.160. The van der Waals surface area contributed by atoms with Gasteiger partial charge in [0.2, 0.25) is 0 Å². The molecule has 2 aromatic carbocycles. The van der Waals surface area contributed by atoms with Gasteiger partial charge in [0, 0.05) is 11.4 Å². The number of unbranched alkanes of at least 4 members (excludes halogenated alkanes) is 4. The highest BCUT2D eigenvalue weighted by Crippen LogP contribution is 2.36. The molecular weight excluding hydrogens is 504 g/mol. The first-order valence-corrected chi connectivity index (χ1v) is 14.1. The number of anilines is 2. The summed E-state index contributed by atoms with van der Waals surface area (Å²) < 4.78 is 12.2. The van der Waals surface area contributed by atoms with Crippen LogP contribution in [0.1, 0.15) is 55.3 Å². The predicted molar refractivity (Wildman–Crippen MR) is 149 cm³/mol. The number of para-hydroxylation sites is 1. The van der Waals surface area contributed by atoms with Crippen molar-refractivity contribution in [2.75, 3.05) is 11.5 Å². The fraction of sp³-hybridized carbons (Fsp3) is 0.286. The van der Waals surface area contributed by atoms with E-state index in [1.807, 2.05) is 53.9 Å². The summed E-state index contributed by atoms with van der Waals surface area (Å²) >= 11 is 2.97. The normalized spacial score (nSPS) is 11.2. The Morgan fingerprint density at radius 1 is 1.03 bits per heavy atom. The molecule has 0 spiro atoms. The van der Waals surface area contributed by atoms with Crippen molar-refractivity contribution in [3.8, 4) is 16.5 Å². The van der Waals surface area contributed by atoms with Crippen LogP contribution in [0.3, 0.4) is 0 Å². The van der Waals surface area contributed by atoms with Crippen LogP contribution in [0.25, 0.3) is 20.9 Å². The van der Waals surface area contributed by atoms with E-state index in [1.165, 1.54) is 37.0 Å². The number of rotatable bonds is 11. The van der Waals surface area contributed by atoms with Gasteiger partial charge in [-0.05, 0) is 49.7 Å². The number of benzene rings is 2. The third-order valence-corrected chi connectivity index (χ3v) is 7.74. The molecular formula is C28H28N4O3S2. The molecule has 0 saturated carbocycles. The molecule has 190 valence electrons. The molecule has 0 N–H and O–H groups in total. The highest BCUT2D eigenvalue weighted by atomic mass is 32.1. The Kier molecular flexibility index (Phi) is 7.91. The van der Waals surface area contributed by atoms with Crippen molar-refractivity contribution >= 4 is 49.6 Å². The summed E-state index contributed by atoms with van der Waals surface area (Å²) in [5, 5.41) is 7.22. The molecule has 1 amide bonds.